The first kappa shape index (κ1) is 13.2. The van der Waals surface area contributed by atoms with Gasteiger partial charge in [0.05, 0.1) is 6.04 Å². The normalized spacial score (nSPS) is 12.9. The van der Waals surface area contributed by atoms with Crippen LogP contribution in [0, 0.1) is 6.92 Å². The van der Waals surface area contributed by atoms with Crippen LogP contribution >= 0.6 is 11.8 Å². The smallest absolute Gasteiger partial charge is 0.191 e. The van der Waals surface area contributed by atoms with Crippen molar-refractivity contribution in [2.75, 3.05) is 5.75 Å². The van der Waals surface area contributed by atoms with E-state index in [9.17, 15) is 0 Å². The van der Waals surface area contributed by atoms with Gasteiger partial charge in [-0.1, -0.05) is 30.0 Å². The van der Waals surface area contributed by atoms with Gasteiger partial charge in [0.2, 0.25) is 0 Å². The maximum atomic E-state index is 6.19. The molecule has 3 aromatic rings. The summed E-state index contributed by atoms with van der Waals surface area (Å²) in [7, 11) is 1.95. The molecule has 6 heteroatoms. The Morgan fingerprint density at radius 1 is 1.35 bits per heavy atom. The van der Waals surface area contributed by atoms with Crippen LogP contribution in [0.25, 0.3) is 11.0 Å². The van der Waals surface area contributed by atoms with Crippen LogP contribution in [-0.2, 0) is 7.05 Å². The Balaban J connectivity index is 1.72. The summed E-state index contributed by atoms with van der Waals surface area (Å²) in [5, 5.41) is 10.1. The molecule has 104 valence electrons. The Bertz CT molecular complexity index is 701. The van der Waals surface area contributed by atoms with Crippen molar-refractivity contribution < 1.29 is 4.42 Å². The predicted octanol–water partition coefficient (Wildman–Crippen LogP) is 2.66. The van der Waals surface area contributed by atoms with Gasteiger partial charge in [0.1, 0.15) is 17.2 Å². The van der Waals surface area contributed by atoms with E-state index in [1.807, 2.05) is 48.9 Å². The molecule has 0 spiro atoms. The molecule has 20 heavy (non-hydrogen) atoms. The highest BCUT2D eigenvalue weighted by atomic mass is 32.2. The second kappa shape index (κ2) is 5.30. The van der Waals surface area contributed by atoms with E-state index in [-0.39, 0.29) is 6.04 Å². The standard InChI is InChI=1S/C14H16N4OS/c1-9-16-17-14(18(9)2)20-8-11(15)13-7-10-5-3-4-6-12(10)19-13/h3-7,11H,8,15H2,1-2H3. The van der Waals surface area contributed by atoms with Gasteiger partial charge in [0, 0.05) is 18.2 Å². The van der Waals surface area contributed by atoms with Crippen LogP contribution in [0.1, 0.15) is 17.6 Å². The molecule has 5 nitrogen and oxygen atoms in total. The average Bonchev–Trinajstić information content (AvgIpc) is 3.02. The lowest BCUT2D eigenvalue weighted by Gasteiger charge is -2.07. The van der Waals surface area contributed by atoms with Gasteiger partial charge in [-0.15, -0.1) is 10.2 Å². The first-order valence-corrected chi connectivity index (χ1v) is 7.36. The average molecular weight is 288 g/mol. The monoisotopic (exact) mass is 288 g/mol. The second-order valence-electron chi connectivity index (χ2n) is 4.69. The lowest BCUT2D eigenvalue weighted by molar-refractivity contribution is 0.516. The number of thioether (sulfide) groups is 1. The Kier molecular flexibility index (Phi) is 3.50. The van der Waals surface area contributed by atoms with Crippen molar-refractivity contribution in [3.05, 3.63) is 41.9 Å². The van der Waals surface area contributed by atoms with Crippen molar-refractivity contribution >= 4 is 22.7 Å². The Morgan fingerprint density at radius 2 is 2.15 bits per heavy atom. The van der Waals surface area contributed by atoms with Gasteiger partial charge in [-0.05, 0) is 19.1 Å². The van der Waals surface area contributed by atoms with Crippen LogP contribution in [0.2, 0.25) is 0 Å². The summed E-state index contributed by atoms with van der Waals surface area (Å²) in [5.41, 5.74) is 7.06. The van der Waals surface area contributed by atoms with E-state index in [0.29, 0.717) is 5.75 Å². The number of nitrogens with two attached hydrogens (primary N) is 1. The minimum atomic E-state index is -0.163. The van der Waals surface area contributed by atoms with Crippen LogP contribution < -0.4 is 5.73 Å². The first-order chi connectivity index (χ1) is 9.65. The van der Waals surface area contributed by atoms with Crippen LogP contribution in [0.4, 0.5) is 0 Å². The number of furan rings is 1. The van der Waals surface area contributed by atoms with E-state index >= 15 is 0 Å². The maximum Gasteiger partial charge on any atom is 0.191 e. The summed E-state index contributed by atoms with van der Waals surface area (Å²) < 4.78 is 7.73. The topological polar surface area (TPSA) is 69.9 Å². The lowest BCUT2D eigenvalue weighted by atomic mass is 10.2. The van der Waals surface area contributed by atoms with Gasteiger partial charge in [-0.2, -0.15) is 0 Å². The number of aromatic nitrogens is 3. The van der Waals surface area contributed by atoms with Crippen LogP contribution in [-0.4, -0.2) is 20.5 Å². The number of rotatable bonds is 4. The molecule has 0 aliphatic carbocycles. The number of aryl methyl sites for hydroxylation is 1. The molecule has 0 fully saturated rings. The SMILES string of the molecule is Cc1nnc(SCC(N)c2cc3ccccc3o2)n1C. The third-order valence-electron chi connectivity index (χ3n) is 3.25. The number of nitrogens with zero attached hydrogens (tertiary/aromatic N) is 3. The number of fused-ring (bicyclic) bond motifs is 1. The highest BCUT2D eigenvalue weighted by Crippen LogP contribution is 2.26. The summed E-state index contributed by atoms with van der Waals surface area (Å²) in [4.78, 5) is 0. The molecular weight excluding hydrogens is 272 g/mol. The second-order valence-corrected chi connectivity index (χ2v) is 5.68. The van der Waals surface area contributed by atoms with Crippen LogP contribution in [0.15, 0.2) is 39.9 Å². The molecule has 0 saturated heterocycles. The minimum absolute atomic E-state index is 0.163. The third-order valence-corrected chi connectivity index (χ3v) is 4.39. The van der Waals surface area contributed by atoms with Crippen molar-refractivity contribution in [2.45, 2.75) is 18.1 Å². The number of benzene rings is 1. The van der Waals surface area contributed by atoms with Gasteiger partial charge >= 0.3 is 0 Å². The highest BCUT2D eigenvalue weighted by molar-refractivity contribution is 7.99. The van der Waals surface area contributed by atoms with E-state index in [1.165, 1.54) is 0 Å². The summed E-state index contributed by atoms with van der Waals surface area (Å²) in [5.74, 6) is 2.40. The van der Waals surface area contributed by atoms with Gasteiger partial charge in [0.15, 0.2) is 5.16 Å². The summed E-state index contributed by atoms with van der Waals surface area (Å²) in [6, 6.07) is 9.76. The predicted molar refractivity (Wildman–Crippen MR) is 79.6 cm³/mol. The third kappa shape index (κ3) is 2.44. The van der Waals surface area contributed by atoms with Gasteiger partial charge in [-0.25, -0.2) is 0 Å². The fraction of sp³-hybridized carbons (Fsp3) is 0.286. The molecule has 2 aromatic heterocycles. The molecule has 2 N–H and O–H groups in total. The molecule has 0 bridgehead atoms. The fourth-order valence-corrected chi connectivity index (χ4v) is 2.86. The van der Waals surface area contributed by atoms with Crippen LogP contribution in [0.3, 0.4) is 0 Å². The highest BCUT2D eigenvalue weighted by Gasteiger charge is 2.14. The van der Waals surface area contributed by atoms with Crippen molar-refractivity contribution in [2.24, 2.45) is 12.8 Å². The van der Waals surface area contributed by atoms with E-state index in [4.69, 9.17) is 10.2 Å². The zero-order valence-electron chi connectivity index (χ0n) is 11.4. The molecule has 2 heterocycles. The van der Waals surface area contributed by atoms with Crippen molar-refractivity contribution in [3.8, 4) is 0 Å². The van der Waals surface area contributed by atoms with Crippen molar-refractivity contribution in [3.63, 3.8) is 0 Å². The van der Waals surface area contributed by atoms with Crippen molar-refractivity contribution in [1.82, 2.24) is 14.8 Å². The Labute approximate surface area is 121 Å². The zero-order valence-corrected chi connectivity index (χ0v) is 12.2. The number of hydrogen-bond donors (Lipinski definition) is 1. The van der Waals surface area contributed by atoms with E-state index in [1.54, 1.807) is 11.8 Å². The molecule has 0 amide bonds. The quantitative estimate of drug-likeness (QED) is 0.747. The molecule has 3 rings (SSSR count). The number of para-hydroxylation sites is 1. The van der Waals surface area contributed by atoms with Gasteiger partial charge in [0.25, 0.3) is 0 Å². The van der Waals surface area contributed by atoms with Gasteiger partial charge in [-0.3, -0.25) is 0 Å². The summed E-state index contributed by atoms with van der Waals surface area (Å²) in [6.45, 7) is 1.93. The molecule has 0 aliphatic heterocycles. The van der Waals surface area contributed by atoms with Crippen LogP contribution in [0.5, 0.6) is 0 Å². The lowest BCUT2D eigenvalue weighted by Crippen LogP contribution is -2.12. The van der Waals surface area contributed by atoms with E-state index in [2.05, 4.69) is 10.2 Å². The molecule has 0 saturated carbocycles. The Morgan fingerprint density at radius 3 is 2.85 bits per heavy atom. The summed E-state index contributed by atoms with van der Waals surface area (Å²) in [6.07, 6.45) is 0. The van der Waals surface area contributed by atoms with E-state index in [0.717, 1.165) is 27.7 Å². The maximum absolute atomic E-state index is 6.19. The first-order valence-electron chi connectivity index (χ1n) is 6.38. The van der Waals surface area contributed by atoms with Crippen molar-refractivity contribution in [1.29, 1.82) is 0 Å². The molecule has 1 atom stereocenters. The number of hydrogen-bond acceptors (Lipinski definition) is 5. The van der Waals surface area contributed by atoms with E-state index < -0.39 is 0 Å². The fourth-order valence-electron chi connectivity index (χ4n) is 1.94. The minimum Gasteiger partial charge on any atom is -0.459 e. The molecule has 0 radical (unpaired) electrons. The molecule has 1 unspecified atom stereocenters. The zero-order chi connectivity index (χ0) is 14.1. The Hall–Kier alpha value is -1.79. The molecule has 0 aliphatic rings. The van der Waals surface area contributed by atoms with Gasteiger partial charge < -0.3 is 14.7 Å². The molecule has 1 aromatic carbocycles. The summed E-state index contributed by atoms with van der Waals surface area (Å²) >= 11 is 1.59. The largest absolute Gasteiger partial charge is 0.459 e. The molecular formula is C14H16N4OS.